The Morgan fingerprint density at radius 2 is 2.12 bits per heavy atom. The molecule has 2 heterocycles. The van der Waals surface area contributed by atoms with Crippen molar-refractivity contribution >= 4 is 17.0 Å². The van der Waals surface area contributed by atoms with E-state index in [2.05, 4.69) is 15.1 Å². The van der Waals surface area contributed by atoms with Crippen LogP contribution >= 0.6 is 11.3 Å². The second-order valence-electron chi connectivity index (χ2n) is 3.38. The van der Waals surface area contributed by atoms with Gasteiger partial charge in [-0.3, -0.25) is 4.98 Å². The van der Waals surface area contributed by atoms with Gasteiger partial charge in [0.2, 0.25) is 5.82 Å². The second kappa shape index (κ2) is 3.99. The van der Waals surface area contributed by atoms with Crippen molar-refractivity contribution < 1.29 is 4.52 Å². The third-order valence-corrected chi connectivity index (χ3v) is 3.03. The number of rotatable bonds is 2. The maximum Gasteiger partial charge on any atom is 0.269 e. The molecule has 3 rings (SSSR count). The lowest BCUT2D eigenvalue weighted by molar-refractivity contribution is 0.433. The Kier molecular flexibility index (Phi) is 2.34. The van der Waals surface area contributed by atoms with Gasteiger partial charge in [0.15, 0.2) is 0 Å². The zero-order chi connectivity index (χ0) is 11.7. The summed E-state index contributed by atoms with van der Waals surface area (Å²) in [5.41, 5.74) is 8.97. The van der Waals surface area contributed by atoms with E-state index >= 15 is 0 Å². The predicted octanol–water partition coefficient (Wildman–Crippen LogP) is 2.44. The maximum atomic E-state index is 5.85. The van der Waals surface area contributed by atoms with E-state index in [1.54, 1.807) is 17.8 Å². The van der Waals surface area contributed by atoms with Crippen LogP contribution in [-0.4, -0.2) is 15.1 Å². The fourth-order valence-electron chi connectivity index (χ4n) is 1.45. The van der Waals surface area contributed by atoms with Gasteiger partial charge in [-0.05, 0) is 12.1 Å². The molecule has 1 aromatic carbocycles. The number of nitrogens with two attached hydrogens (primary N) is 1. The molecule has 0 fully saturated rings. The number of thiazole rings is 1. The Hall–Kier alpha value is -2.21. The number of anilines is 1. The monoisotopic (exact) mass is 244 g/mol. The molecule has 2 N–H and O–H groups in total. The largest absolute Gasteiger partial charge is 0.398 e. The molecule has 5 nitrogen and oxygen atoms in total. The standard InChI is InChI=1S/C11H8N4OS/c12-8-4-2-1-3-7(8)10-14-11(16-15-10)9-5-13-6-17-9/h1-6H,12H2. The molecule has 0 radical (unpaired) electrons. The highest BCUT2D eigenvalue weighted by Crippen LogP contribution is 2.27. The minimum atomic E-state index is 0.464. The Morgan fingerprint density at radius 3 is 2.88 bits per heavy atom. The third kappa shape index (κ3) is 1.78. The lowest BCUT2D eigenvalue weighted by Crippen LogP contribution is -1.90. The van der Waals surface area contributed by atoms with E-state index in [4.69, 9.17) is 10.3 Å². The number of aromatic nitrogens is 3. The van der Waals surface area contributed by atoms with E-state index in [1.165, 1.54) is 11.3 Å². The van der Waals surface area contributed by atoms with Gasteiger partial charge in [0.25, 0.3) is 5.89 Å². The van der Waals surface area contributed by atoms with Crippen LogP contribution in [0.1, 0.15) is 0 Å². The van der Waals surface area contributed by atoms with Gasteiger partial charge < -0.3 is 10.3 Å². The van der Waals surface area contributed by atoms with Crippen LogP contribution in [-0.2, 0) is 0 Å². The van der Waals surface area contributed by atoms with E-state index in [9.17, 15) is 0 Å². The molecule has 0 aliphatic heterocycles. The first-order valence-corrected chi connectivity index (χ1v) is 5.80. The van der Waals surface area contributed by atoms with E-state index in [-0.39, 0.29) is 0 Å². The van der Waals surface area contributed by atoms with Crippen molar-refractivity contribution in [3.63, 3.8) is 0 Å². The number of nitrogens with zero attached hydrogens (tertiary/aromatic N) is 3. The lowest BCUT2D eigenvalue weighted by atomic mass is 10.2. The third-order valence-electron chi connectivity index (χ3n) is 2.27. The topological polar surface area (TPSA) is 77.8 Å². The van der Waals surface area contributed by atoms with Gasteiger partial charge in [0.1, 0.15) is 4.88 Å². The molecule has 0 unspecified atom stereocenters. The van der Waals surface area contributed by atoms with Gasteiger partial charge in [-0.2, -0.15) is 4.98 Å². The molecule has 0 spiro atoms. The number of hydrogen-bond donors (Lipinski definition) is 1. The number of para-hydroxylation sites is 1. The minimum Gasteiger partial charge on any atom is -0.398 e. The smallest absolute Gasteiger partial charge is 0.269 e. The number of benzene rings is 1. The van der Waals surface area contributed by atoms with Gasteiger partial charge in [-0.25, -0.2) is 0 Å². The predicted molar refractivity (Wildman–Crippen MR) is 65.3 cm³/mol. The first-order chi connectivity index (χ1) is 8.34. The molecular formula is C11H8N4OS. The van der Waals surface area contributed by atoms with Crippen molar-refractivity contribution in [3.05, 3.63) is 36.0 Å². The van der Waals surface area contributed by atoms with Gasteiger partial charge >= 0.3 is 0 Å². The summed E-state index contributed by atoms with van der Waals surface area (Å²) in [4.78, 5) is 9.11. The molecule has 2 aromatic heterocycles. The van der Waals surface area contributed by atoms with E-state index in [1.807, 2.05) is 18.2 Å². The summed E-state index contributed by atoms with van der Waals surface area (Å²) in [6, 6.07) is 7.41. The van der Waals surface area contributed by atoms with Gasteiger partial charge in [0, 0.05) is 11.3 Å². The van der Waals surface area contributed by atoms with Crippen LogP contribution in [0.3, 0.4) is 0 Å². The summed E-state index contributed by atoms with van der Waals surface area (Å²) in [5, 5.41) is 3.92. The van der Waals surface area contributed by atoms with Gasteiger partial charge in [-0.1, -0.05) is 17.3 Å². The minimum absolute atomic E-state index is 0.464. The molecule has 0 saturated heterocycles. The lowest BCUT2D eigenvalue weighted by Gasteiger charge is -1.97. The van der Waals surface area contributed by atoms with Crippen molar-refractivity contribution in [1.82, 2.24) is 15.1 Å². The maximum absolute atomic E-state index is 5.85. The molecule has 6 heteroatoms. The fraction of sp³-hybridized carbons (Fsp3) is 0. The zero-order valence-corrected chi connectivity index (χ0v) is 9.52. The van der Waals surface area contributed by atoms with Crippen LogP contribution < -0.4 is 5.73 Å². The van der Waals surface area contributed by atoms with Crippen molar-refractivity contribution in [2.75, 3.05) is 5.73 Å². The van der Waals surface area contributed by atoms with Gasteiger partial charge in [-0.15, -0.1) is 11.3 Å². The van der Waals surface area contributed by atoms with E-state index < -0.39 is 0 Å². The molecule has 0 saturated carbocycles. The van der Waals surface area contributed by atoms with Crippen molar-refractivity contribution in [2.24, 2.45) is 0 Å². The van der Waals surface area contributed by atoms with Crippen molar-refractivity contribution in [2.45, 2.75) is 0 Å². The Morgan fingerprint density at radius 1 is 1.24 bits per heavy atom. The quantitative estimate of drug-likeness (QED) is 0.700. The summed E-state index contributed by atoms with van der Waals surface area (Å²) in [5.74, 6) is 0.956. The van der Waals surface area contributed by atoms with Crippen LogP contribution in [0.5, 0.6) is 0 Å². The Labute approximate surface area is 101 Å². The molecule has 0 amide bonds. The van der Waals surface area contributed by atoms with Crippen LogP contribution in [0.2, 0.25) is 0 Å². The van der Waals surface area contributed by atoms with Crippen LogP contribution in [0.15, 0.2) is 40.5 Å². The van der Waals surface area contributed by atoms with Crippen LogP contribution in [0, 0.1) is 0 Å². The number of hydrogen-bond acceptors (Lipinski definition) is 6. The van der Waals surface area contributed by atoms with Gasteiger partial charge in [0.05, 0.1) is 11.7 Å². The fourth-order valence-corrected chi connectivity index (χ4v) is 2.00. The molecule has 84 valence electrons. The average molecular weight is 244 g/mol. The zero-order valence-electron chi connectivity index (χ0n) is 8.70. The van der Waals surface area contributed by atoms with Crippen LogP contribution in [0.4, 0.5) is 5.69 Å². The summed E-state index contributed by atoms with van der Waals surface area (Å²) in [7, 11) is 0. The van der Waals surface area contributed by atoms with Crippen molar-refractivity contribution in [1.29, 1.82) is 0 Å². The van der Waals surface area contributed by atoms with Crippen LogP contribution in [0.25, 0.3) is 22.2 Å². The molecule has 0 bridgehead atoms. The summed E-state index contributed by atoms with van der Waals surface area (Å²) in [6.07, 6.45) is 1.69. The molecule has 3 aromatic rings. The molecule has 0 aliphatic carbocycles. The summed E-state index contributed by atoms with van der Waals surface area (Å²) < 4.78 is 5.17. The highest BCUT2D eigenvalue weighted by atomic mass is 32.1. The molecule has 0 atom stereocenters. The average Bonchev–Trinajstić information content (AvgIpc) is 3.00. The molecule has 0 aliphatic rings. The summed E-state index contributed by atoms with van der Waals surface area (Å²) >= 11 is 1.45. The first-order valence-electron chi connectivity index (χ1n) is 4.92. The highest BCUT2D eigenvalue weighted by Gasteiger charge is 2.13. The number of nitrogen functional groups attached to an aromatic ring is 1. The molecule has 17 heavy (non-hydrogen) atoms. The van der Waals surface area contributed by atoms with Crippen molar-refractivity contribution in [3.8, 4) is 22.2 Å². The normalized spacial score (nSPS) is 10.6. The summed E-state index contributed by atoms with van der Waals surface area (Å²) in [6.45, 7) is 0. The SMILES string of the molecule is Nc1ccccc1-c1noc(-c2cncs2)n1. The van der Waals surface area contributed by atoms with E-state index in [0.29, 0.717) is 17.4 Å². The van der Waals surface area contributed by atoms with E-state index in [0.717, 1.165) is 10.4 Å². The Balaban J connectivity index is 2.04. The Bertz CT molecular complexity index is 632. The highest BCUT2D eigenvalue weighted by molar-refractivity contribution is 7.13. The molecular weight excluding hydrogens is 236 g/mol. The first kappa shape index (κ1) is 9.98. The second-order valence-corrected chi connectivity index (χ2v) is 4.26.